The Kier molecular flexibility index (Phi) is 4.04. The molecule has 2 aromatic carbocycles. The van der Waals surface area contributed by atoms with Gasteiger partial charge in [0.25, 0.3) is 0 Å². The van der Waals surface area contributed by atoms with E-state index >= 15 is 0 Å². The fourth-order valence-electron chi connectivity index (χ4n) is 3.06. The van der Waals surface area contributed by atoms with E-state index in [4.69, 9.17) is 0 Å². The lowest BCUT2D eigenvalue weighted by atomic mass is 9.84. The lowest BCUT2D eigenvalue weighted by Gasteiger charge is -2.37. The van der Waals surface area contributed by atoms with Crippen LogP contribution < -0.4 is 10.6 Å². The van der Waals surface area contributed by atoms with Crippen molar-refractivity contribution in [1.29, 1.82) is 0 Å². The predicted molar refractivity (Wildman–Crippen MR) is 99.0 cm³/mol. The standard InChI is InChI=1S/C19H16BrN3O/c20-14-8-6-12(7-9-14)15-11-22-18(15)19(24)23-16-5-1-3-13-4-2-10-21-17(13)16/h1-10,15,18,22H,11H2,(H,23,24)/t15-,18-/m0/s1. The molecule has 1 fully saturated rings. The van der Waals surface area contributed by atoms with E-state index in [0.717, 1.165) is 27.6 Å². The van der Waals surface area contributed by atoms with Crippen molar-refractivity contribution in [1.82, 2.24) is 10.3 Å². The van der Waals surface area contributed by atoms with Gasteiger partial charge < -0.3 is 10.6 Å². The zero-order valence-corrected chi connectivity index (χ0v) is 14.5. The molecule has 1 saturated heterocycles. The van der Waals surface area contributed by atoms with E-state index in [1.54, 1.807) is 6.20 Å². The van der Waals surface area contributed by atoms with Crippen molar-refractivity contribution >= 4 is 38.4 Å². The minimum atomic E-state index is -0.217. The van der Waals surface area contributed by atoms with Gasteiger partial charge >= 0.3 is 0 Å². The molecule has 120 valence electrons. The predicted octanol–water partition coefficient (Wildman–Crippen LogP) is 3.69. The van der Waals surface area contributed by atoms with Crippen molar-refractivity contribution in [3.05, 3.63) is 70.8 Å². The number of amides is 1. The van der Waals surface area contributed by atoms with Gasteiger partial charge in [-0.2, -0.15) is 0 Å². The molecule has 2 atom stereocenters. The van der Waals surface area contributed by atoms with Crippen LogP contribution in [0.5, 0.6) is 0 Å². The third-order valence-corrected chi connectivity index (χ3v) is 4.96. The van der Waals surface area contributed by atoms with Gasteiger partial charge in [0.15, 0.2) is 0 Å². The largest absolute Gasteiger partial charge is 0.323 e. The quantitative estimate of drug-likeness (QED) is 0.727. The van der Waals surface area contributed by atoms with Gasteiger partial charge in [-0.1, -0.05) is 46.3 Å². The summed E-state index contributed by atoms with van der Waals surface area (Å²) in [5.74, 6) is 0.174. The highest BCUT2D eigenvalue weighted by Gasteiger charge is 2.37. The van der Waals surface area contributed by atoms with E-state index in [1.807, 2.05) is 42.5 Å². The van der Waals surface area contributed by atoms with Crippen molar-refractivity contribution in [3.8, 4) is 0 Å². The lowest BCUT2D eigenvalue weighted by molar-refractivity contribution is -0.120. The van der Waals surface area contributed by atoms with Gasteiger partial charge in [0.05, 0.1) is 17.2 Å². The number of hydrogen-bond donors (Lipinski definition) is 2. The molecular weight excluding hydrogens is 366 g/mol. The highest BCUT2D eigenvalue weighted by atomic mass is 79.9. The van der Waals surface area contributed by atoms with E-state index in [9.17, 15) is 4.79 Å². The zero-order valence-electron chi connectivity index (χ0n) is 12.9. The molecule has 4 rings (SSSR count). The average Bonchev–Trinajstić information content (AvgIpc) is 2.56. The number of hydrogen-bond acceptors (Lipinski definition) is 3. The Bertz CT molecular complexity index is 889. The Labute approximate surface area is 148 Å². The second-order valence-electron chi connectivity index (χ2n) is 5.91. The molecule has 24 heavy (non-hydrogen) atoms. The van der Waals surface area contributed by atoms with E-state index < -0.39 is 0 Å². The maximum absolute atomic E-state index is 12.7. The molecule has 4 nitrogen and oxygen atoms in total. The van der Waals surface area contributed by atoms with E-state index in [0.29, 0.717) is 0 Å². The molecule has 1 aliphatic rings. The molecule has 2 heterocycles. The topological polar surface area (TPSA) is 54.0 Å². The Morgan fingerprint density at radius 1 is 1.12 bits per heavy atom. The Morgan fingerprint density at radius 2 is 1.92 bits per heavy atom. The van der Waals surface area contributed by atoms with Crippen molar-refractivity contribution in [2.45, 2.75) is 12.0 Å². The number of nitrogens with zero attached hydrogens (tertiary/aromatic N) is 1. The summed E-state index contributed by atoms with van der Waals surface area (Å²) in [5, 5.41) is 7.27. The Hall–Kier alpha value is -2.24. The highest BCUT2D eigenvalue weighted by molar-refractivity contribution is 9.10. The van der Waals surface area contributed by atoms with Gasteiger partial charge in [-0.3, -0.25) is 9.78 Å². The SMILES string of the molecule is O=C(Nc1cccc2cccnc12)[C@H]1NC[C@H]1c1ccc(Br)cc1. The van der Waals surface area contributed by atoms with Crippen LogP contribution in [0.1, 0.15) is 11.5 Å². The summed E-state index contributed by atoms with van der Waals surface area (Å²) < 4.78 is 1.04. The van der Waals surface area contributed by atoms with Gasteiger partial charge in [-0.15, -0.1) is 0 Å². The molecule has 5 heteroatoms. The summed E-state index contributed by atoms with van der Waals surface area (Å²) >= 11 is 3.44. The summed E-state index contributed by atoms with van der Waals surface area (Å²) in [6.45, 7) is 0.813. The number of aromatic nitrogens is 1. The number of carbonyl (C=O) groups excluding carboxylic acids is 1. The van der Waals surface area contributed by atoms with Crippen LogP contribution in [0.4, 0.5) is 5.69 Å². The number of rotatable bonds is 3. The minimum absolute atomic E-state index is 0.0210. The second-order valence-corrected chi connectivity index (χ2v) is 6.83. The van der Waals surface area contributed by atoms with Crippen LogP contribution in [0.3, 0.4) is 0 Å². The molecule has 0 spiro atoms. The number of para-hydroxylation sites is 1. The van der Waals surface area contributed by atoms with Gasteiger partial charge in [0.2, 0.25) is 5.91 Å². The second kappa shape index (κ2) is 6.34. The molecule has 1 aromatic heterocycles. The first-order valence-corrected chi connectivity index (χ1v) is 8.65. The molecule has 0 radical (unpaired) electrons. The maximum atomic E-state index is 12.7. The third kappa shape index (κ3) is 2.81. The summed E-state index contributed by atoms with van der Waals surface area (Å²) in [6, 6.07) is 17.6. The molecular formula is C19H16BrN3O. The summed E-state index contributed by atoms with van der Waals surface area (Å²) in [6.07, 6.45) is 1.74. The molecule has 0 saturated carbocycles. The number of benzene rings is 2. The molecule has 1 aliphatic heterocycles. The van der Waals surface area contributed by atoms with Crippen molar-refractivity contribution < 1.29 is 4.79 Å². The fraction of sp³-hybridized carbons (Fsp3) is 0.158. The molecule has 2 N–H and O–H groups in total. The van der Waals surface area contributed by atoms with Crippen molar-refractivity contribution in [2.24, 2.45) is 0 Å². The molecule has 0 aliphatic carbocycles. The number of nitrogens with one attached hydrogen (secondary N) is 2. The first kappa shape index (κ1) is 15.3. The van der Waals surface area contributed by atoms with E-state index in [1.165, 1.54) is 5.56 Å². The Balaban J connectivity index is 1.54. The van der Waals surface area contributed by atoms with E-state index in [-0.39, 0.29) is 17.9 Å². The number of anilines is 1. The smallest absolute Gasteiger partial charge is 0.242 e. The first-order valence-electron chi connectivity index (χ1n) is 7.86. The van der Waals surface area contributed by atoms with Gasteiger partial charge in [0.1, 0.15) is 0 Å². The van der Waals surface area contributed by atoms with Crippen LogP contribution >= 0.6 is 15.9 Å². The summed E-state index contributed by atoms with van der Waals surface area (Å²) in [7, 11) is 0. The van der Waals surface area contributed by atoms with E-state index in [2.05, 4.69) is 43.7 Å². The molecule has 0 bridgehead atoms. The van der Waals surface area contributed by atoms with Gasteiger partial charge in [-0.25, -0.2) is 0 Å². The summed E-state index contributed by atoms with van der Waals surface area (Å²) in [4.78, 5) is 17.1. The minimum Gasteiger partial charge on any atom is -0.323 e. The van der Waals surface area contributed by atoms with Crippen LogP contribution in [-0.4, -0.2) is 23.5 Å². The van der Waals surface area contributed by atoms with Crippen molar-refractivity contribution in [3.63, 3.8) is 0 Å². The normalized spacial score (nSPS) is 19.7. The highest BCUT2D eigenvalue weighted by Crippen LogP contribution is 2.29. The number of halogens is 1. The monoisotopic (exact) mass is 381 g/mol. The third-order valence-electron chi connectivity index (χ3n) is 4.43. The van der Waals surface area contributed by atoms with Gasteiger partial charge in [-0.05, 0) is 29.8 Å². The first-order chi connectivity index (χ1) is 11.7. The molecule has 0 unspecified atom stereocenters. The van der Waals surface area contributed by atoms with Crippen LogP contribution in [0.15, 0.2) is 65.3 Å². The maximum Gasteiger partial charge on any atom is 0.242 e. The number of pyridine rings is 1. The van der Waals surface area contributed by atoms with Gasteiger partial charge in [0, 0.05) is 28.5 Å². The summed E-state index contributed by atoms with van der Waals surface area (Å²) in [5.41, 5.74) is 2.74. The molecule has 3 aromatic rings. The number of carbonyl (C=O) groups is 1. The van der Waals surface area contributed by atoms with Crippen LogP contribution in [-0.2, 0) is 4.79 Å². The van der Waals surface area contributed by atoms with Crippen LogP contribution in [0.2, 0.25) is 0 Å². The van der Waals surface area contributed by atoms with Crippen molar-refractivity contribution in [2.75, 3.05) is 11.9 Å². The average molecular weight is 382 g/mol. The van der Waals surface area contributed by atoms with Crippen LogP contribution in [0, 0.1) is 0 Å². The van der Waals surface area contributed by atoms with Crippen LogP contribution in [0.25, 0.3) is 10.9 Å². The molecule has 1 amide bonds. The number of fused-ring (bicyclic) bond motifs is 1. The zero-order chi connectivity index (χ0) is 16.5. The lowest BCUT2D eigenvalue weighted by Crippen LogP contribution is -2.57. The Morgan fingerprint density at radius 3 is 2.67 bits per heavy atom. The fourth-order valence-corrected chi connectivity index (χ4v) is 3.33.